The molecule has 0 bridgehead atoms. The highest BCUT2D eigenvalue weighted by Crippen LogP contribution is 2.26. The van der Waals surface area contributed by atoms with Crippen LogP contribution in [0.1, 0.15) is 10.4 Å². The number of sulfonamides is 1. The smallest absolute Gasteiger partial charge is 0.339 e. The Labute approximate surface area is 119 Å². The summed E-state index contributed by atoms with van der Waals surface area (Å²) in [6.07, 6.45) is 2.46. The molecule has 106 valence electrons. The van der Waals surface area contributed by atoms with Crippen LogP contribution < -0.4 is 4.72 Å². The molecule has 0 radical (unpaired) electrons. The number of carboxylic acids is 1. The van der Waals surface area contributed by atoms with E-state index < -0.39 is 16.0 Å². The number of aromatic nitrogens is 2. The molecule has 2 aromatic rings. The quantitative estimate of drug-likeness (QED) is 0.891. The van der Waals surface area contributed by atoms with Gasteiger partial charge < -0.3 is 5.11 Å². The van der Waals surface area contributed by atoms with Crippen LogP contribution in [-0.4, -0.2) is 29.3 Å². The molecule has 0 spiro atoms. The van der Waals surface area contributed by atoms with Gasteiger partial charge in [0.1, 0.15) is 10.5 Å². The number of benzene rings is 1. The number of rotatable bonds is 4. The highest BCUT2D eigenvalue weighted by molar-refractivity contribution is 7.92. The Hall–Kier alpha value is -2.06. The first-order chi connectivity index (χ1) is 9.31. The Morgan fingerprint density at radius 2 is 2.15 bits per heavy atom. The second-order valence-corrected chi connectivity index (χ2v) is 6.01. The summed E-state index contributed by atoms with van der Waals surface area (Å²) in [6, 6.07) is 4.14. The van der Waals surface area contributed by atoms with Gasteiger partial charge in [0.15, 0.2) is 0 Å². The van der Waals surface area contributed by atoms with Crippen LogP contribution in [0.15, 0.2) is 35.5 Å². The average molecular weight is 316 g/mol. The standard InChI is InChI=1S/C11H10ClN3O4S/c1-15-6-7(5-13-15)20(18,19)14-9-4-2-3-8(12)10(9)11(16)17/h2-6,14H,1H3,(H,16,17). The Balaban J connectivity index is 2.45. The summed E-state index contributed by atoms with van der Waals surface area (Å²) >= 11 is 5.77. The van der Waals surface area contributed by atoms with Gasteiger partial charge in [0.05, 0.1) is 16.9 Å². The fraction of sp³-hybridized carbons (Fsp3) is 0.0909. The molecule has 1 heterocycles. The largest absolute Gasteiger partial charge is 0.478 e. The molecule has 7 nitrogen and oxygen atoms in total. The van der Waals surface area contributed by atoms with Crippen molar-refractivity contribution in [2.24, 2.45) is 7.05 Å². The molecule has 0 saturated carbocycles. The van der Waals surface area contributed by atoms with Crippen molar-refractivity contribution in [2.45, 2.75) is 4.90 Å². The van der Waals surface area contributed by atoms with E-state index in [-0.39, 0.29) is 21.2 Å². The minimum Gasteiger partial charge on any atom is -0.478 e. The Bertz CT molecular complexity index is 770. The van der Waals surface area contributed by atoms with E-state index in [4.69, 9.17) is 16.7 Å². The summed E-state index contributed by atoms with van der Waals surface area (Å²) < 4.78 is 27.7. The van der Waals surface area contributed by atoms with Crippen LogP contribution in [0.2, 0.25) is 5.02 Å². The van der Waals surface area contributed by atoms with Gasteiger partial charge >= 0.3 is 5.97 Å². The van der Waals surface area contributed by atoms with Crippen molar-refractivity contribution in [1.29, 1.82) is 0 Å². The zero-order chi connectivity index (χ0) is 14.9. The second kappa shape index (κ2) is 5.14. The normalized spacial score (nSPS) is 11.3. The van der Waals surface area contributed by atoms with Gasteiger partial charge in [-0.05, 0) is 12.1 Å². The van der Waals surface area contributed by atoms with Gasteiger partial charge in [-0.15, -0.1) is 0 Å². The second-order valence-electron chi connectivity index (χ2n) is 3.92. The van der Waals surface area contributed by atoms with E-state index in [1.807, 2.05) is 0 Å². The van der Waals surface area contributed by atoms with Crippen molar-refractivity contribution in [3.63, 3.8) is 0 Å². The number of nitrogens with zero attached hydrogens (tertiary/aromatic N) is 2. The lowest BCUT2D eigenvalue weighted by Gasteiger charge is -2.10. The summed E-state index contributed by atoms with van der Waals surface area (Å²) in [5, 5.41) is 12.8. The third kappa shape index (κ3) is 2.75. The number of nitrogens with one attached hydrogen (secondary N) is 1. The maximum Gasteiger partial charge on any atom is 0.339 e. The Morgan fingerprint density at radius 1 is 1.45 bits per heavy atom. The van der Waals surface area contributed by atoms with Crippen LogP contribution in [0.3, 0.4) is 0 Å². The molecular formula is C11H10ClN3O4S. The maximum absolute atomic E-state index is 12.1. The summed E-state index contributed by atoms with van der Waals surface area (Å²) in [6.45, 7) is 0. The van der Waals surface area contributed by atoms with Crippen molar-refractivity contribution in [3.8, 4) is 0 Å². The maximum atomic E-state index is 12.1. The first kappa shape index (κ1) is 14.4. The molecule has 0 amide bonds. The number of aryl methyl sites for hydroxylation is 1. The zero-order valence-corrected chi connectivity index (χ0v) is 11.8. The zero-order valence-electron chi connectivity index (χ0n) is 10.2. The third-order valence-corrected chi connectivity index (χ3v) is 4.10. The molecule has 0 aliphatic heterocycles. The van der Waals surface area contributed by atoms with Crippen molar-refractivity contribution in [1.82, 2.24) is 9.78 Å². The van der Waals surface area contributed by atoms with E-state index in [2.05, 4.69) is 9.82 Å². The van der Waals surface area contributed by atoms with Gasteiger partial charge in [-0.1, -0.05) is 17.7 Å². The van der Waals surface area contributed by atoms with Gasteiger partial charge in [0, 0.05) is 13.2 Å². The van der Waals surface area contributed by atoms with Crippen LogP contribution in [0.5, 0.6) is 0 Å². The lowest BCUT2D eigenvalue weighted by molar-refractivity contribution is 0.0698. The van der Waals surface area contributed by atoms with E-state index in [0.717, 1.165) is 6.20 Å². The number of carboxylic acid groups (broad SMARTS) is 1. The monoisotopic (exact) mass is 315 g/mol. The molecule has 0 aliphatic carbocycles. The molecule has 9 heteroatoms. The first-order valence-corrected chi connectivity index (χ1v) is 7.20. The molecule has 0 aliphatic rings. The first-order valence-electron chi connectivity index (χ1n) is 5.34. The lowest BCUT2D eigenvalue weighted by atomic mass is 10.2. The summed E-state index contributed by atoms with van der Waals surface area (Å²) in [5.74, 6) is -1.32. The highest BCUT2D eigenvalue weighted by atomic mass is 35.5. The molecule has 0 unspecified atom stereocenters. The van der Waals surface area contributed by atoms with Gasteiger partial charge in [0.25, 0.3) is 10.0 Å². The molecule has 20 heavy (non-hydrogen) atoms. The molecule has 2 N–H and O–H groups in total. The molecule has 0 atom stereocenters. The number of anilines is 1. The summed E-state index contributed by atoms with van der Waals surface area (Å²) in [5.41, 5.74) is -0.407. The minimum atomic E-state index is -3.92. The Morgan fingerprint density at radius 3 is 2.70 bits per heavy atom. The minimum absolute atomic E-state index is 0.0520. The van der Waals surface area contributed by atoms with E-state index in [1.165, 1.54) is 29.1 Å². The van der Waals surface area contributed by atoms with Crippen molar-refractivity contribution in [2.75, 3.05) is 4.72 Å². The van der Waals surface area contributed by atoms with Crippen LogP contribution in [0, 0.1) is 0 Å². The number of hydrogen-bond donors (Lipinski definition) is 2. The van der Waals surface area contributed by atoms with E-state index in [9.17, 15) is 13.2 Å². The van der Waals surface area contributed by atoms with Gasteiger partial charge in [-0.2, -0.15) is 5.10 Å². The van der Waals surface area contributed by atoms with E-state index in [1.54, 1.807) is 7.05 Å². The van der Waals surface area contributed by atoms with Crippen molar-refractivity contribution < 1.29 is 18.3 Å². The van der Waals surface area contributed by atoms with Gasteiger partial charge in [-0.3, -0.25) is 9.40 Å². The van der Waals surface area contributed by atoms with E-state index >= 15 is 0 Å². The predicted molar refractivity (Wildman–Crippen MR) is 72.4 cm³/mol. The highest BCUT2D eigenvalue weighted by Gasteiger charge is 2.21. The summed E-state index contributed by atoms with van der Waals surface area (Å²) in [4.78, 5) is 11.1. The topological polar surface area (TPSA) is 101 Å². The van der Waals surface area contributed by atoms with Crippen molar-refractivity contribution >= 4 is 33.3 Å². The molecule has 0 fully saturated rings. The summed E-state index contributed by atoms with van der Waals surface area (Å²) in [7, 11) is -2.35. The molecule has 0 saturated heterocycles. The average Bonchev–Trinajstić information content (AvgIpc) is 2.75. The Kier molecular flexibility index (Phi) is 3.69. The fourth-order valence-electron chi connectivity index (χ4n) is 1.57. The predicted octanol–water partition coefficient (Wildman–Crippen LogP) is 1.57. The number of halogens is 1. The number of aromatic carboxylic acids is 1. The third-order valence-electron chi connectivity index (χ3n) is 2.46. The van der Waals surface area contributed by atoms with Gasteiger partial charge in [0.2, 0.25) is 0 Å². The molecule has 2 rings (SSSR count). The van der Waals surface area contributed by atoms with Crippen LogP contribution in [-0.2, 0) is 17.1 Å². The molecule has 1 aromatic carbocycles. The number of hydrogen-bond acceptors (Lipinski definition) is 4. The van der Waals surface area contributed by atoms with Crippen molar-refractivity contribution in [3.05, 3.63) is 41.2 Å². The molecule has 1 aromatic heterocycles. The van der Waals surface area contributed by atoms with Crippen LogP contribution in [0.4, 0.5) is 5.69 Å². The van der Waals surface area contributed by atoms with E-state index in [0.29, 0.717) is 0 Å². The SMILES string of the molecule is Cn1cc(S(=O)(=O)Nc2cccc(Cl)c2C(=O)O)cn1. The molecular weight excluding hydrogens is 306 g/mol. The number of carbonyl (C=O) groups is 1. The van der Waals surface area contributed by atoms with Crippen LogP contribution in [0.25, 0.3) is 0 Å². The van der Waals surface area contributed by atoms with Crippen LogP contribution >= 0.6 is 11.6 Å². The van der Waals surface area contributed by atoms with Gasteiger partial charge in [-0.25, -0.2) is 13.2 Å². The lowest BCUT2D eigenvalue weighted by Crippen LogP contribution is -2.15. The fourth-order valence-corrected chi connectivity index (χ4v) is 2.88.